The van der Waals surface area contributed by atoms with E-state index in [0.717, 1.165) is 4.47 Å². The first-order chi connectivity index (χ1) is 13.0. The molecule has 0 aliphatic carbocycles. The molecule has 142 valence electrons. The normalized spacial score (nSPS) is 10.8. The molecule has 1 N–H and O–H groups in total. The first-order valence-corrected chi connectivity index (χ1v) is 9.25. The molecule has 8 nitrogen and oxygen atoms in total. The molecule has 0 spiro atoms. The average Bonchev–Trinajstić information content (AvgIpc) is 3.28. The molecule has 0 unspecified atom stereocenters. The Bertz CT molecular complexity index is 927. The standard InChI is InChI=1S/C17H17BrClN5O3/c1-2-26-10-24-9-13(8-20-24)21-17(25)15-5-6-23(22-15)11-27-16-4-3-12(19)7-14(16)18/h3-9H,2,10-11H2,1H3,(H,21,25). The molecule has 0 aliphatic rings. The Morgan fingerprint density at radius 2 is 2.15 bits per heavy atom. The van der Waals surface area contributed by atoms with Gasteiger partial charge in [-0.2, -0.15) is 10.2 Å². The second kappa shape index (κ2) is 9.03. The first kappa shape index (κ1) is 19.4. The number of hydrogen-bond donors (Lipinski definition) is 1. The Hall–Kier alpha value is -2.36. The zero-order valence-electron chi connectivity index (χ0n) is 14.4. The van der Waals surface area contributed by atoms with Crippen LogP contribution in [0.5, 0.6) is 5.75 Å². The zero-order valence-corrected chi connectivity index (χ0v) is 16.8. The monoisotopic (exact) mass is 453 g/mol. The molecule has 0 atom stereocenters. The summed E-state index contributed by atoms with van der Waals surface area (Å²) in [5.41, 5.74) is 0.835. The van der Waals surface area contributed by atoms with Crippen LogP contribution in [-0.4, -0.2) is 32.1 Å². The van der Waals surface area contributed by atoms with Gasteiger partial charge in [0.1, 0.15) is 12.5 Å². The number of aromatic nitrogens is 4. The maximum Gasteiger partial charge on any atom is 0.276 e. The summed E-state index contributed by atoms with van der Waals surface area (Å²) in [7, 11) is 0. The minimum atomic E-state index is -0.336. The van der Waals surface area contributed by atoms with Gasteiger partial charge in [0.05, 0.1) is 22.6 Å². The smallest absolute Gasteiger partial charge is 0.276 e. The van der Waals surface area contributed by atoms with Gasteiger partial charge in [-0.1, -0.05) is 11.6 Å². The number of nitrogens with one attached hydrogen (secondary N) is 1. The van der Waals surface area contributed by atoms with E-state index in [1.807, 2.05) is 6.92 Å². The fourth-order valence-electron chi connectivity index (χ4n) is 2.16. The van der Waals surface area contributed by atoms with E-state index < -0.39 is 0 Å². The van der Waals surface area contributed by atoms with Crippen LogP contribution < -0.4 is 10.1 Å². The Labute approximate surface area is 169 Å². The fraction of sp³-hybridized carbons (Fsp3) is 0.235. The van der Waals surface area contributed by atoms with Crippen molar-refractivity contribution in [2.75, 3.05) is 11.9 Å². The summed E-state index contributed by atoms with van der Waals surface area (Å²) in [6.45, 7) is 2.98. The largest absolute Gasteiger partial charge is 0.470 e. The summed E-state index contributed by atoms with van der Waals surface area (Å²) in [6, 6.07) is 6.84. The van der Waals surface area contributed by atoms with Crippen molar-refractivity contribution in [1.82, 2.24) is 19.6 Å². The molecule has 0 saturated heterocycles. The molecular weight excluding hydrogens is 438 g/mol. The quantitative estimate of drug-likeness (QED) is 0.560. The summed E-state index contributed by atoms with van der Waals surface area (Å²) < 4.78 is 14.8. The van der Waals surface area contributed by atoms with E-state index in [1.54, 1.807) is 47.5 Å². The molecule has 3 aromatic rings. The van der Waals surface area contributed by atoms with Crippen molar-refractivity contribution in [3.8, 4) is 5.75 Å². The van der Waals surface area contributed by atoms with E-state index in [9.17, 15) is 4.79 Å². The van der Waals surface area contributed by atoms with Gasteiger partial charge >= 0.3 is 0 Å². The summed E-state index contributed by atoms with van der Waals surface area (Å²) in [4.78, 5) is 12.3. The van der Waals surface area contributed by atoms with Crippen LogP contribution in [0.1, 0.15) is 17.4 Å². The Balaban J connectivity index is 1.56. The lowest BCUT2D eigenvalue weighted by atomic mass is 10.3. The molecule has 0 radical (unpaired) electrons. The molecule has 0 saturated carbocycles. The van der Waals surface area contributed by atoms with Crippen LogP contribution in [-0.2, 0) is 18.2 Å². The molecule has 27 heavy (non-hydrogen) atoms. The van der Waals surface area contributed by atoms with E-state index >= 15 is 0 Å². The Kier molecular flexibility index (Phi) is 6.49. The van der Waals surface area contributed by atoms with Gasteiger partial charge in [0.15, 0.2) is 12.4 Å². The lowest BCUT2D eigenvalue weighted by Gasteiger charge is -2.08. The van der Waals surface area contributed by atoms with Crippen LogP contribution in [0.15, 0.2) is 47.3 Å². The molecule has 0 fully saturated rings. The van der Waals surface area contributed by atoms with E-state index in [4.69, 9.17) is 21.1 Å². The van der Waals surface area contributed by atoms with Crippen molar-refractivity contribution >= 4 is 39.1 Å². The molecular formula is C17H17BrClN5O3. The molecule has 3 rings (SSSR count). The number of carbonyl (C=O) groups excluding carboxylic acids is 1. The molecule has 2 aromatic heterocycles. The maximum absolute atomic E-state index is 12.3. The third-order valence-electron chi connectivity index (χ3n) is 3.44. The van der Waals surface area contributed by atoms with Gasteiger partial charge in [0.2, 0.25) is 0 Å². The molecule has 10 heteroatoms. The number of amides is 1. The van der Waals surface area contributed by atoms with Crippen LogP contribution >= 0.6 is 27.5 Å². The minimum absolute atomic E-state index is 0.153. The van der Waals surface area contributed by atoms with Crippen molar-refractivity contribution < 1.29 is 14.3 Å². The van der Waals surface area contributed by atoms with Crippen molar-refractivity contribution in [2.24, 2.45) is 0 Å². The second-order valence-electron chi connectivity index (χ2n) is 5.43. The molecule has 1 amide bonds. The van der Waals surface area contributed by atoms with Crippen LogP contribution in [0.4, 0.5) is 5.69 Å². The Morgan fingerprint density at radius 3 is 2.93 bits per heavy atom. The van der Waals surface area contributed by atoms with E-state index in [-0.39, 0.29) is 18.3 Å². The van der Waals surface area contributed by atoms with Crippen LogP contribution in [0.25, 0.3) is 0 Å². The van der Waals surface area contributed by atoms with Crippen molar-refractivity contribution in [3.05, 3.63) is 58.0 Å². The topological polar surface area (TPSA) is 83.2 Å². The minimum Gasteiger partial charge on any atom is -0.470 e. The number of rotatable bonds is 8. The summed E-state index contributed by atoms with van der Waals surface area (Å²) >= 11 is 9.29. The molecule has 1 aromatic carbocycles. The lowest BCUT2D eigenvalue weighted by molar-refractivity contribution is 0.0792. The van der Waals surface area contributed by atoms with Gasteiger partial charge in [-0.15, -0.1) is 0 Å². The molecule has 2 heterocycles. The number of anilines is 1. The number of benzene rings is 1. The third kappa shape index (κ3) is 5.31. The van der Waals surface area contributed by atoms with Crippen molar-refractivity contribution in [3.63, 3.8) is 0 Å². The predicted octanol–water partition coefficient (Wildman–Crippen LogP) is 3.78. The summed E-state index contributed by atoms with van der Waals surface area (Å²) in [5, 5.41) is 11.7. The number of nitrogens with zero attached hydrogens (tertiary/aromatic N) is 4. The number of halogens is 2. The number of carbonyl (C=O) groups is 1. The van der Waals surface area contributed by atoms with Gasteiger partial charge in [0, 0.05) is 17.8 Å². The highest BCUT2D eigenvalue weighted by Crippen LogP contribution is 2.28. The van der Waals surface area contributed by atoms with Gasteiger partial charge in [-0.3, -0.25) is 4.79 Å². The average molecular weight is 455 g/mol. The van der Waals surface area contributed by atoms with Gasteiger partial charge in [-0.25, -0.2) is 9.36 Å². The first-order valence-electron chi connectivity index (χ1n) is 8.08. The highest BCUT2D eigenvalue weighted by atomic mass is 79.9. The van der Waals surface area contributed by atoms with E-state index in [1.165, 1.54) is 4.68 Å². The highest BCUT2D eigenvalue weighted by Gasteiger charge is 2.11. The van der Waals surface area contributed by atoms with Crippen LogP contribution in [0, 0.1) is 0 Å². The van der Waals surface area contributed by atoms with E-state index in [0.29, 0.717) is 29.8 Å². The Morgan fingerprint density at radius 1 is 1.30 bits per heavy atom. The third-order valence-corrected chi connectivity index (χ3v) is 4.29. The molecule has 0 aliphatic heterocycles. The van der Waals surface area contributed by atoms with Crippen molar-refractivity contribution in [1.29, 1.82) is 0 Å². The maximum atomic E-state index is 12.3. The summed E-state index contributed by atoms with van der Waals surface area (Å²) in [6.07, 6.45) is 4.90. The number of ether oxygens (including phenoxy) is 2. The summed E-state index contributed by atoms with van der Waals surface area (Å²) in [5.74, 6) is 0.292. The van der Waals surface area contributed by atoms with E-state index in [2.05, 4.69) is 31.4 Å². The second-order valence-corrected chi connectivity index (χ2v) is 6.72. The number of hydrogen-bond acceptors (Lipinski definition) is 5. The fourth-order valence-corrected chi connectivity index (χ4v) is 2.96. The predicted molar refractivity (Wildman–Crippen MR) is 104 cm³/mol. The van der Waals surface area contributed by atoms with Gasteiger partial charge in [0.25, 0.3) is 5.91 Å². The zero-order chi connectivity index (χ0) is 19.2. The lowest BCUT2D eigenvalue weighted by Crippen LogP contribution is -2.14. The SMILES string of the molecule is CCOCn1cc(NC(=O)c2ccn(COc3ccc(Cl)cc3Br)n2)cn1. The molecule has 0 bridgehead atoms. The highest BCUT2D eigenvalue weighted by molar-refractivity contribution is 9.10. The van der Waals surface area contributed by atoms with Crippen LogP contribution in [0.2, 0.25) is 5.02 Å². The van der Waals surface area contributed by atoms with Crippen LogP contribution in [0.3, 0.4) is 0 Å². The van der Waals surface area contributed by atoms with Gasteiger partial charge < -0.3 is 14.8 Å². The van der Waals surface area contributed by atoms with Crippen molar-refractivity contribution in [2.45, 2.75) is 20.4 Å². The van der Waals surface area contributed by atoms with Gasteiger partial charge in [-0.05, 0) is 47.1 Å².